The number of benzene rings is 2. The molecule has 0 bridgehead atoms. The molecule has 0 unspecified atom stereocenters. The van der Waals surface area contributed by atoms with Crippen LogP contribution in [0, 0.1) is 0 Å². The Kier molecular flexibility index (Phi) is 15.4. The Bertz CT molecular complexity index is 1820. The molecule has 1 atom stereocenters. The number of ether oxygens (including phenoxy) is 2. The van der Waals surface area contributed by atoms with Crippen molar-refractivity contribution in [2.75, 3.05) is 42.1 Å². The summed E-state index contributed by atoms with van der Waals surface area (Å²) >= 11 is 5.82. The predicted molar refractivity (Wildman–Crippen MR) is 196 cm³/mol. The highest BCUT2D eigenvalue weighted by atomic mass is 35.5. The third-order valence-electron chi connectivity index (χ3n) is 7.17. The van der Waals surface area contributed by atoms with Gasteiger partial charge in [0.2, 0.25) is 10.0 Å². The first-order valence-corrected chi connectivity index (χ1v) is 18.3. The SMILES string of the molecule is CC(=O)Oc1ccc([C@H](CNCCCCc2ccc(CCCCN=C(N)NC(=O)c3nc(Cl)c(N)nc3N)cc2)OC(C)=O)cc1NS(C)(=O)=O. The molecule has 0 spiro atoms. The third kappa shape index (κ3) is 14.4. The van der Waals surface area contributed by atoms with Gasteiger partial charge in [-0.3, -0.25) is 29.4 Å². The largest absolute Gasteiger partial charge is 0.456 e. The number of hydrogen-bond acceptors (Lipinski definition) is 13. The first kappa shape index (κ1) is 40.4. The lowest BCUT2D eigenvalue weighted by Crippen LogP contribution is -2.38. The lowest BCUT2D eigenvalue weighted by Gasteiger charge is -2.20. The van der Waals surface area contributed by atoms with E-state index < -0.39 is 34.0 Å². The molecule has 1 heterocycles. The van der Waals surface area contributed by atoms with Crippen molar-refractivity contribution in [2.24, 2.45) is 10.7 Å². The number of hydrogen-bond donors (Lipinski definition) is 6. The van der Waals surface area contributed by atoms with Crippen LogP contribution in [0.4, 0.5) is 17.3 Å². The average Bonchev–Trinajstić information content (AvgIpc) is 3.04. The molecule has 276 valence electrons. The number of guanidine groups is 1. The van der Waals surface area contributed by atoms with Crippen LogP contribution in [-0.2, 0) is 37.2 Å². The predicted octanol–water partition coefficient (Wildman–Crippen LogP) is 2.88. The number of carbonyl (C=O) groups excluding carboxylic acids is 3. The monoisotopic (exact) mass is 745 g/mol. The number of carbonyl (C=O) groups is 3. The second kappa shape index (κ2) is 19.4. The van der Waals surface area contributed by atoms with Crippen molar-refractivity contribution in [1.82, 2.24) is 20.6 Å². The van der Waals surface area contributed by atoms with Crippen molar-refractivity contribution in [3.05, 3.63) is 70.0 Å². The minimum atomic E-state index is -3.67. The summed E-state index contributed by atoms with van der Waals surface area (Å²) in [5, 5.41) is 5.58. The molecular formula is C33H44ClN9O7S. The van der Waals surface area contributed by atoms with Gasteiger partial charge in [-0.1, -0.05) is 41.9 Å². The Morgan fingerprint density at radius 3 is 2.18 bits per heavy atom. The van der Waals surface area contributed by atoms with Gasteiger partial charge in [-0.2, -0.15) is 0 Å². The number of sulfonamides is 1. The quantitative estimate of drug-likeness (QED) is 0.0360. The van der Waals surface area contributed by atoms with E-state index in [1.165, 1.54) is 37.1 Å². The van der Waals surface area contributed by atoms with E-state index in [9.17, 15) is 22.8 Å². The van der Waals surface area contributed by atoms with Crippen LogP contribution in [0.2, 0.25) is 5.15 Å². The zero-order valence-corrected chi connectivity index (χ0v) is 30.3. The number of nitrogens with zero attached hydrogens (tertiary/aromatic N) is 3. The van der Waals surface area contributed by atoms with Gasteiger partial charge in [-0.05, 0) is 73.9 Å². The van der Waals surface area contributed by atoms with Gasteiger partial charge in [-0.25, -0.2) is 18.4 Å². The van der Waals surface area contributed by atoms with Gasteiger partial charge in [0.05, 0.1) is 11.9 Å². The van der Waals surface area contributed by atoms with E-state index in [0.717, 1.165) is 44.8 Å². The minimum Gasteiger partial charge on any atom is -0.456 e. The molecule has 0 saturated carbocycles. The van der Waals surface area contributed by atoms with Crippen LogP contribution < -0.4 is 37.3 Å². The number of rotatable bonds is 18. The highest BCUT2D eigenvalue weighted by Gasteiger charge is 2.19. The van der Waals surface area contributed by atoms with Gasteiger partial charge < -0.3 is 32.0 Å². The minimum absolute atomic E-state index is 0.0421. The molecule has 0 aliphatic carbocycles. The summed E-state index contributed by atoms with van der Waals surface area (Å²) in [4.78, 5) is 47.4. The van der Waals surface area contributed by atoms with E-state index in [0.29, 0.717) is 25.2 Å². The van der Waals surface area contributed by atoms with E-state index in [2.05, 4.69) is 54.6 Å². The standard InChI is InChI=1S/C33H44ClN9O7S/c1-20(44)49-26-15-14-24(18-25(26)43-51(3,47)48)27(50-21(2)45)19-38-16-6-4-8-22-10-12-23(13-11-22)9-5-7-17-39-33(37)42-32(46)28-30(35)41-31(36)29(34)40-28/h10-15,18,27,38,43H,4-9,16-17,19H2,1-3H3,(H4,35,36,41)(H3,37,39,42,46)/t27-/m0/s1. The van der Waals surface area contributed by atoms with Crippen LogP contribution in [0.3, 0.4) is 0 Å². The van der Waals surface area contributed by atoms with Gasteiger partial charge in [0.1, 0.15) is 6.10 Å². The van der Waals surface area contributed by atoms with Gasteiger partial charge >= 0.3 is 11.9 Å². The van der Waals surface area contributed by atoms with Crippen molar-refractivity contribution < 1.29 is 32.3 Å². The van der Waals surface area contributed by atoms with E-state index in [-0.39, 0.29) is 39.9 Å². The molecule has 0 fully saturated rings. The smallest absolute Gasteiger partial charge is 0.308 e. The summed E-state index contributed by atoms with van der Waals surface area (Å²) in [7, 11) is -3.67. The van der Waals surface area contributed by atoms with Crippen molar-refractivity contribution in [1.29, 1.82) is 0 Å². The number of amides is 1. The van der Waals surface area contributed by atoms with E-state index in [4.69, 9.17) is 38.3 Å². The Morgan fingerprint density at radius 2 is 1.57 bits per heavy atom. The lowest BCUT2D eigenvalue weighted by atomic mass is 10.0. The molecule has 2 aromatic carbocycles. The number of nitrogen functional groups attached to an aromatic ring is 2. The molecule has 0 aliphatic rings. The number of aryl methyl sites for hydroxylation is 2. The molecular weight excluding hydrogens is 702 g/mol. The summed E-state index contributed by atoms with van der Waals surface area (Å²) < 4.78 is 36.7. The molecule has 1 amide bonds. The van der Waals surface area contributed by atoms with E-state index in [1.54, 1.807) is 6.07 Å². The van der Waals surface area contributed by atoms with E-state index in [1.807, 2.05) is 0 Å². The van der Waals surface area contributed by atoms with E-state index >= 15 is 0 Å². The fraction of sp³-hybridized carbons (Fsp3) is 0.394. The topological polar surface area (TPSA) is 256 Å². The molecule has 9 N–H and O–H groups in total. The fourth-order valence-corrected chi connectivity index (χ4v) is 5.53. The molecule has 16 nitrogen and oxygen atoms in total. The molecule has 3 aromatic rings. The second-order valence-corrected chi connectivity index (χ2v) is 13.7. The maximum atomic E-state index is 12.3. The van der Waals surface area contributed by atoms with Gasteiger partial charge in [0.25, 0.3) is 5.91 Å². The molecule has 51 heavy (non-hydrogen) atoms. The number of nitrogens with one attached hydrogen (secondary N) is 3. The van der Waals surface area contributed by atoms with Crippen molar-refractivity contribution in [3.8, 4) is 5.75 Å². The van der Waals surface area contributed by atoms with Crippen molar-refractivity contribution >= 4 is 62.8 Å². The molecule has 18 heteroatoms. The second-order valence-electron chi connectivity index (χ2n) is 11.6. The first-order valence-electron chi connectivity index (χ1n) is 16.1. The van der Waals surface area contributed by atoms with Crippen molar-refractivity contribution in [2.45, 2.75) is 58.5 Å². The van der Waals surface area contributed by atoms with Crippen LogP contribution in [0.25, 0.3) is 0 Å². The molecule has 0 aliphatic heterocycles. The van der Waals surface area contributed by atoms with Crippen LogP contribution in [-0.4, -0.2) is 68.1 Å². The number of halogens is 1. The third-order valence-corrected chi connectivity index (χ3v) is 8.04. The normalized spacial score (nSPS) is 12.2. The summed E-state index contributed by atoms with van der Waals surface area (Å²) in [5.41, 5.74) is 19.9. The maximum absolute atomic E-state index is 12.3. The molecule has 1 aromatic heterocycles. The summed E-state index contributed by atoms with van der Waals surface area (Å²) in [6, 6.07) is 13.0. The fourth-order valence-electron chi connectivity index (χ4n) is 4.85. The highest BCUT2D eigenvalue weighted by molar-refractivity contribution is 7.92. The Balaban J connectivity index is 1.38. The van der Waals surface area contributed by atoms with Crippen LogP contribution in [0.5, 0.6) is 5.75 Å². The first-order chi connectivity index (χ1) is 24.1. The average molecular weight is 746 g/mol. The van der Waals surface area contributed by atoms with Crippen LogP contribution in [0.15, 0.2) is 47.5 Å². The summed E-state index contributed by atoms with van der Waals surface area (Å²) in [6.45, 7) is 3.90. The zero-order valence-electron chi connectivity index (χ0n) is 28.7. The summed E-state index contributed by atoms with van der Waals surface area (Å²) in [5.74, 6) is -2.05. The number of unbranched alkanes of at least 4 members (excludes halogenated alkanes) is 2. The number of anilines is 3. The Morgan fingerprint density at radius 1 is 0.922 bits per heavy atom. The van der Waals surface area contributed by atoms with Gasteiger partial charge in [0.15, 0.2) is 34.2 Å². The number of nitrogens with two attached hydrogens (primary N) is 3. The van der Waals surface area contributed by atoms with Crippen LogP contribution >= 0.6 is 11.6 Å². The maximum Gasteiger partial charge on any atom is 0.308 e. The van der Waals surface area contributed by atoms with Gasteiger partial charge in [0, 0.05) is 26.9 Å². The number of aromatic nitrogens is 2. The number of aliphatic imine (C=N–C) groups is 1. The lowest BCUT2D eigenvalue weighted by molar-refractivity contribution is -0.146. The number of esters is 2. The summed E-state index contributed by atoms with van der Waals surface area (Å²) in [6.07, 6.45) is 5.50. The molecule has 0 saturated heterocycles. The Labute approximate surface area is 302 Å². The van der Waals surface area contributed by atoms with Crippen LogP contribution in [0.1, 0.15) is 72.8 Å². The van der Waals surface area contributed by atoms with Gasteiger partial charge in [-0.15, -0.1) is 0 Å². The van der Waals surface area contributed by atoms with Crippen molar-refractivity contribution in [3.63, 3.8) is 0 Å². The zero-order chi connectivity index (χ0) is 37.6. The molecule has 0 radical (unpaired) electrons. The highest BCUT2D eigenvalue weighted by Crippen LogP contribution is 2.30. The molecule has 3 rings (SSSR count). The Hall–Kier alpha value is -5.00.